The van der Waals surface area contributed by atoms with E-state index in [1.54, 1.807) is 0 Å². The Morgan fingerprint density at radius 2 is 0.702 bits per heavy atom. The molecular formula is C55H38NP. The molecule has 0 saturated heterocycles. The van der Waals surface area contributed by atoms with E-state index in [1.165, 1.54) is 82.9 Å². The predicted octanol–water partition coefficient (Wildman–Crippen LogP) is 12.9. The van der Waals surface area contributed by atoms with Gasteiger partial charge in [-0.2, -0.15) is 0 Å². The summed E-state index contributed by atoms with van der Waals surface area (Å²) in [7, 11) is -0.944. The van der Waals surface area contributed by atoms with Crippen LogP contribution in [0.25, 0.3) is 33.4 Å². The first kappa shape index (κ1) is 33.5. The fourth-order valence-corrected chi connectivity index (χ4v) is 12.3. The van der Waals surface area contributed by atoms with Gasteiger partial charge in [-0.1, -0.05) is 194 Å². The molecular weight excluding hydrogens is 706 g/mol. The van der Waals surface area contributed by atoms with Crippen LogP contribution in [-0.2, 0) is 5.41 Å². The van der Waals surface area contributed by atoms with E-state index in [1.807, 2.05) is 0 Å². The average Bonchev–Trinajstić information content (AvgIpc) is 3.30. The normalized spacial score (nSPS) is 13.6. The minimum atomic E-state index is -0.944. The summed E-state index contributed by atoms with van der Waals surface area (Å²) in [5.41, 5.74) is 15.6. The molecule has 1 nitrogen and oxygen atoms in total. The van der Waals surface area contributed by atoms with Crippen LogP contribution in [0.2, 0.25) is 0 Å². The second-order valence-corrected chi connectivity index (χ2v) is 17.0. The van der Waals surface area contributed by atoms with Crippen molar-refractivity contribution in [3.63, 3.8) is 0 Å². The van der Waals surface area contributed by atoms with Crippen LogP contribution in [-0.4, -0.2) is 0 Å². The lowest BCUT2D eigenvalue weighted by atomic mass is 9.61. The largest absolute Gasteiger partial charge is 0.310 e. The van der Waals surface area contributed by atoms with Crippen molar-refractivity contribution in [1.29, 1.82) is 0 Å². The number of anilines is 3. The summed E-state index contributed by atoms with van der Waals surface area (Å²) in [4.78, 5) is 2.49. The van der Waals surface area contributed by atoms with Gasteiger partial charge in [-0.05, 0) is 116 Å². The molecule has 268 valence electrons. The highest BCUT2D eigenvalue weighted by Crippen LogP contribution is 2.62. The quantitative estimate of drug-likeness (QED) is 0.159. The molecule has 2 heteroatoms. The average molecular weight is 744 g/mol. The zero-order chi connectivity index (χ0) is 37.8. The third kappa shape index (κ3) is 5.27. The lowest BCUT2D eigenvalue weighted by Crippen LogP contribution is -2.48. The van der Waals surface area contributed by atoms with Gasteiger partial charge in [0.2, 0.25) is 0 Å². The summed E-state index contributed by atoms with van der Waals surface area (Å²) in [6.45, 7) is 0. The first-order valence-corrected chi connectivity index (χ1v) is 21.0. The number of hydrogen-bond donors (Lipinski definition) is 0. The Morgan fingerprint density at radius 1 is 0.298 bits per heavy atom. The van der Waals surface area contributed by atoms with Crippen molar-refractivity contribution in [3.8, 4) is 33.4 Å². The monoisotopic (exact) mass is 743 g/mol. The number of nitrogens with zero attached hydrogens (tertiary/aromatic N) is 1. The van der Waals surface area contributed by atoms with Gasteiger partial charge in [0, 0.05) is 5.69 Å². The number of para-hydroxylation sites is 1. The topological polar surface area (TPSA) is 3.24 Å². The third-order valence-electron chi connectivity index (χ3n) is 11.8. The summed E-state index contributed by atoms with van der Waals surface area (Å²) in [6, 6.07) is 85.7. The molecule has 0 aromatic heterocycles. The number of hydrogen-bond acceptors (Lipinski definition) is 1. The Balaban J connectivity index is 1.29. The molecule has 0 fully saturated rings. The maximum absolute atomic E-state index is 2.50. The minimum absolute atomic E-state index is 0.626. The first-order chi connectivity index (χ1) is 28.3. The van der Waals surface area contributed by atoms with Crippen LogP contribution < -0.4 is 20.8 Å². The van der Waals surface area contributed by atoms with Gasteiger partial charge in [0.15, 0.2) is 0 Å². The second kappa shape index (κ2) is 13.7. The molecule has 57 heavy (non-hydrogen) atoms. The van der Waals surface area contributed by atoms with Gasteiger partial charge in [0.05, 0.1) is 16.8 Å². The standard InChI is InChI=1S/C55H38NP/c1-5-19-39(20-6-1)42-33-35-50-48(37-42)55(49-38-43(40-21-7-2-8-22-40)34-36-51(49)56(50)44-25-11-4-12-26-44)46-28-14-17-31-53(46)57(54-32-18-15-29-47(54)55)52-30-16-13-27-45(52)41-23-9-3-10-24-41/h1-38H. The molecule has 0 bridgehead atoms. The Morgan fingerprint density at radius 3 is 1.21 bits per heavy atom. The van der Waals surface area contributed by atoms with Crippen molar-refractivity contribution in [2.45, 2.75) is 5.41 Å². The van der Waals surface area contributed by atoms with Crippen molar-refractivity contribution < 1.29 is 0 Å². The van der Waals surface area contributed by atoms with E-state index in [4.69, 9.17) is 0 Å². The van der Waals surface area contributed by atoms with Crippen molar-refractivity contribution in [2.24, 2.45) is 0 Å². The summed E-state index contributed by atoms with van der Waals surface area (Å²) in [5.74, 6) is 0. The molecule has 0 amide bonds. The van der Waals surface area contributed by atoms with Gasteiger partial charge in [0.25, 0.3) is 0 Å². The molecule has 9 aromatic carbocycles. The van der Waals surface area contributed by atoms with E-state index in [9.17, 15) is 0 Å². The fraction of sp³-hybridized carbons (Fsp3) is 0.0182. The fourth-order valence-electron chi connectivity index (χ4n) is 9.43. The summed E-state index contributed by atoms with van der Waals surface area (Å²) < 4.78 is 0. The lowest BCUT2D eigenvalue weighted by molar-refractivity contribution is 0.739. The molecule has 0 saturated carbocycles. The molecule has 0 N–H and O–H groups in total. The van der Waals surface area contributed by atoms with Crippen molar-refractivity contribution in [3.05, 3.63) is 253 Å². The summed E-state index contributed by atoms with van der Waals surface area (Å²) in [6.07, 6.45) is 0. The number of fused-ring (bicyclic) bond motifs is 8. The minimum Gasteiger partial charge on any atom is -0.310 e. The predicted molar refractivity (Wildman–Crippen MR) is 242 cm³/mol. The maximum Gasteiger partial charge on any atom is 0.0755 e. The third-order valence-corrected chi connectivity index (χ3v) is 14.5. The Hall–Kier alpha value is -6.79. The van der Waals surface area contributed by atoms with Crippen LogP contribution in [0.15, 0.2) is 231 Å². The van der Waals surface area contributed by atoms with Crippen LogP contribution in [0.5, 0.6) is 0 Å². The second-order valence-electron chi connectivity index (χ2n) is 14.9. The maximum atomic E-state index is 2.50. The van der Waals surface area contributed by atoms with Crippen LogP contribution >= 0.6 is 7.92 Å². The van der Waals surface area contributed by atoms with E-state index < -0.39 is 13.3 Å². The van der Waals surface area contributed by atoms with E-state index in [2.05, 4.69) is 235 Å². The number of rotatable bonds is 5. The van der Waals surface area contributed by atoms with Crippen LogP contribution in [0.4, 0.5) is 17.1 Å². The smallest absolute Gasteiger partial charge is 0.0755 e. The molecule has 0 radical (unpaired) electrons. The molecule has 1 spiro atoms. The van der Waals surface area contributed by atoms with Crippen molar-refractivity contribution in [1.82, 2.24) is 0 Å². The van der Waals surface area contributed by atoms with E-state index in [-0.39, 0.29) is 0 Å². The Kier molecular flexibility index (Phi) is 8.09. The molecule has 0 atom stereocenters. The highest BCUT2D eigenvalue weighted by Gasteiger charge is 2.52. The Bertz CT molecular complexity index is 2760. The summed E-state index contributed by atoms with van der Waals surface area (Å²) in [5, 5.41) is 4.18. The zero-order valence-electron chi connectivity index (χ0n) is 31.3. The highest BCUT2D eigenvalue weighted by atomic mass is 31.1. The molecule has 2 heterocycles. The zero-order valence-corrected chi connectivity index (χ0v) is 32.2. The van der Waals surface area contributed by atoms with Crippen LogP contribution in [0, 0.1) is 0 Å². The Labute approximate surface area is 336 Å². The van der Waals surface area contributed by atoms with Gasteiger partial charge in [-0.3, -0.25) is 0 Å². The molecule has 9 aromatic rings. The van der Waals surface area contributed by atoms with E-state index in [0.29, 0.717) is 0 Å². The molecule has 2 aliphatic heterocycles. The van der Waals surface area contributed by atoms with Crippen molar-refractivity contribution >= 4 is 40.9 Å². The van der Waals surface area contributed by atoms with Gasteiger partial charge in [-0.15, -0.1) is 0 Å². The molecule has 0 unspecified atom stereocenters. The lowest BCUT2D eigenvalue weighted by Gasteiger charge is -2.51. The molecule has 0 aliphatic carbocycles. The van der Waals surface area contributed by atoms with Crippen LogP contribution in [0.3, 0.4) is 0 Å². The van der Waals surface area contributed by atoms with Gasteiger partial charge < -0.3 is 4.90 Å². The van der Waals surface area contributed by atoms with E-state index in [0.717, 1.165) is 5.69 Å². The van der Waals surface area contributed by atoms with Crippen molar-refractivity contribution in [2.75, 3.05) is 4.90 Å². The van der Waals surface area contributed by atoms with Crippen LogP contribution in [0.1, 0.15) is 22.3 Å². The molecule has 2 aliphatic rings. The summed E-state index contributed by atoms with van der Waals surface area (Å²) >= 11 is 0. The van der Waals surface area contributed by atoms with Gasteiger partial charge in [0.1, 0.15) is 0 Å². The molecule has 11 rings (SSSR count). The number of benzene rings is 9. The van der Waals surface area contributed by atoms with E-state index >= 15 is 0 Å². The van der Waals surface area contributed by atoms with Gasteiger partial charge >= 0.3 is 0 Å². The first-order valence-electron chi connectivity index (χ1n) is 19.7. The SMILES string of the molecule is c1ccc(-c2ccc3c(c2)C2(c4cc(-c5ccccc5)ccc4N3c3ccccc3)c3ccccc3P(c3ccccc3-c3ccccc3)c3ccccc32)cc1. The highest BCUT2D eigenvalue weighted by molar-refractivity contribution is 7.80. The van der Waals surface area contributed by atoms with Gasteiger partial charge in [-0.25, -0.2) is 0 Å².